The van der Waals surface area contributed by atoms with Crippen molar-refractivity contribution in [3.63, 3.8) is 0 Å². The molecule has 0 saturated heterocycles. The fraction of sp³-hybridized carbons (Fsp3) is 0.478. The van der Waals surface area contributed by atoms with E-state index in [4.69, 9.17) is 16.6 Å². The normalized spacial score (nSPS) is 14.1. The summed E-state index contributed by atoms with van der Waals surface area (Å²) in [6.07, 6.45) is -1.29. The number of carbonyl (C=O) groups is 6. The van der Waals surface area contributed by atoms with E-state index in [0.29, 0.717) is 5.56 Å². The van der Waals surface area contributed by atoms with Crippen LogP contribution in [0.5, 0.6) is 0 Å². The monoisotopic (exact) mass is 507 g/mol. The lowest BCUT2D eigenvalue weighted by molar-refractivity contribution is -0.144. The van der Waals surface area contributed by atoms with Crippen molar-refractivity contribution in [1.29, 1.82) is 0 Å². The van der Waals surface area contributed by atoms with Crippen LogP contribution in [0.4, 0.5) is 0 Å². The molecule has 198 valence electrons. The summed E-state index contributed by atoms with van der Waals surface area (Å²) in [6.45, 7) is 3.15. The van der Waals surface area contributed by atoms with Gasteiger partial charge in [-0.05, 0) is 17.9 Å². The predicted molar refractivity (Wildman–Crippen MR) is 127 cm³/mol. The van der Waals surface area contributed by atoms with Crippen LogP contribution in [0.3, 0.4) is 0 Å². The minimum Gasteiger partial charge on any atom is -0.481 e. The molecule has 9 N–H and O–H groups in total. The number of aliphatic carboxylic acids is 2. The minimum atomic E-state index is -1.40. The van der Waals surface area contributed by atoms with E-state index in [1.165, 1.54) is 0 Å². The van der Waals surface area contributed by atoms with E-state index in [1.54, 1.807) is 44.2 Å². The maximum atomic E-state index is 13.1. The van der Waals surface area contributed by atoms with Crippen molar-refractivity contribution in [3.05, 3.63) is 35.9 Å². The smallest absolute Gasteiger partial charge is 0.326 e. The highest BCUT2D eigenvalue weighted by atomic mass is 16.4. The molecule has 13 heteroatoms. The van der Waals surface area contributed by atoms with Gasteiger partial charge >= 0.3 is 11.9 Å². The summed E-state index contributed by atoms with van der Waals surface area (Å²) in [5, 5.41) is 25.5. The van der Waals surface area contributed by atoms with Gasteiger partial charge < -0.3 is 37.6 Å². The number of amides is 4. The van der Waals surface area contributed by atoms with Gasteiger partial charge in [0, 0.05) is 12.8 Å². The largest absolute Gasteiger partial charge is 0.481 e. The standard InChI is InChI=1S/C23H33N5O8/c1-12(2)19(23(35)36)28-21(33)15(8-9-18(30)31)26-22(34)16(10-13-6-4-3-5-7-13)27-20(32)14(24)11-17(25)29/h3-7,12,14-16,19H,8-11,24H2,1-2H3,(H2,25,29)(H,26,34)(H,27,32)(H,28,33)(H,30,31)(H,35,36). The summed E-state index contributed by atoms with van der Waals surface area (Å²) in [5.41, 5.74) is 11.4. The van der Waals surface area contributed by atoms with Crippen LogP contribution in [-0.4, -0.2) is 69.9 Å². The maximum absolute atomic E-state index is 13.1. The molecule has 0 fully saturated rings. The van der Waals surface area contributed by atoms with Crippen LogP contribution in [0.15, 0.2) is 30.3 Å². The zero-order valence-corrected chi connectivity index (χ0v) is 20.1. The number of carboxylic acids is 2. The van der Waals surface area contributed by atoms with Gasteiger partial charge in [-0.25, -0.2) is 4.79 Å². The zero-order chi connectivity index (χ0) is 27.4. The Morgan fingerprint density at radius 2 is 1.42 bits per heavy atom. The van der Waals surface area contributed by atoms with E-state index >= 15 is 0 Å². The summed E-state index contributed by atoms with van der Waals surface area (Å²) in [4.78, 5) is 72.1. The fourth-order valence-corrected chi connectivity index (χ4v) is 3.22. The van der Waals surface area contributed by atoms with E-state index in [2.05, 4.69) is 16.0 Å². The number of nitrogens with two attached hydrogens (primary N) is 2. The molecule has 4 atom stereocenters. The molecular weight excluding hydrogens is 474 g/mol. The van der Waals surface area contributed by atoms with E-state index in [1.807, 2.05) is 0 Å². The van der Waals surface area contributed by atoms with Crippen LogP contribution in [0, 0.1) is 5.92 Å². The third kappa shape index (κ3) is 10.5. The Balaban J connectivity index is 3.14. The van der Waals surface area contributed by atoms with Gasteiger partial charge in [0.15, 0.2) is 0 Å². The summed E-state index contributed by atoms with van der Waals surface area (Å²) < 4.78 is 0. The van der Waals surface area contributed by atoms with Crippen molar-refractivity contribution in [2.75, 3.05) is 0 Å². The van der Waals surface area contributed by atoms with Crippen molar-refractivity contribution in [1.82, 2.24) is 16.0 Å². The molecule has 36 heavy (non-hydrogen) atoms. The highest BCUT2D eigenvalue weighted by Crippen LogP contribution is 2.08. The van der Waals surface area contributed by atoms with Gasteiger partial charge in [-0.15, -0.1) is 0 Å². The second-order valence-corrected chi connectivity index (χ2v) is 8.59. The predicted octanol–water partition coefficient (Wildman–Crippen LogP) is -1.51. The third-order valence-electron chi connectivity index (χ3n) is 5.18. The van der Waals surface area contributed by atoms with Crippen LogP contribution in [0.25, 0.3) is 0 Å². The Morgan fingerprint density at radius 1 is 0.861 bits per heavy atom. The first-order valence-corrected chi connectivity index (χ1v) is 11.2. The number of primary amides is 1. The van der Waals surface area contributed by atoms with Gasteiger partial charge in [0.1, 0.15) is 18.1 Å². The molecule has 0 radical (unpaired) electrons. The Bertz CT molecular complexity index is 953. The Morgan fingerprint density at radius 3 is 1.92 bits per heavy atom. The SMILES string of the molecule is CC(C)C(NC(=O)C(CCC(=O)O)NC(=O)C(Cc1ccccc1)NC(=O)C(N)CC(N)=O)C(=O)O. The number of benzene rings is 1. The quantitative estimate of drug-likeness (QED) is 0.146. The zero-order valence-electron chi connectivity index (χ0n) is 20.1. The van der Waals surface area contributed by atoms with Crippen LogP contribution in [0.2, 0.25) is 0 Å². The Labute approximate surface area is 208 Å². The number of nitrogens with one attached hydrogen (secondary N) is 3. The van der Waals surface area contributed by atoms with Gasteiger partial charge in [0.2, 0.25) is 23.6 Å². The third-order valence-corrected chi connectivity index (χ3v) is 5.18. The molecule has 13 nitrogen and oxygen atoms in total. The van der Waals surface area contributed by atoms with Crippen LogP contribution < -0.4 is 27.4 Å². The van der Waals surface area contributed by atoms with Crippen LogP contribution in [-0.2, 0) is 35.2 Å². The summed E-state index contributed by atoms with van der Waals surface area (Å²) in [6, 6.07) is 3.34. The average Bonchev–Trinajstić information content (AvgIpc) is 2.78. The fourth-order valence-electron chi connectivity index (χ4n) is 3.22. The first-order valence-electron chi connectivity index (χ1n) is 11.2. The van der Waals surface area contributed by atoms with Crippen LogP contribution >= 0.6 is 0 Å². The summed E-state index contributed by atoms with van der Waals surface area (Å²) >= 11 is 0. The van der Waals surface area contributed by atoms with E-state index in [-0.39, 0.29) is 12.8 Å². The lowest BCUT2D eigenvalue weighted by atomic mass is 10.0. The minimum absolute atomic E-state index is 0.0152. The molecule has 0 aromatic heterocycles. The molecule has 1 aromatic carbocycles. The number of hydrogen-bond acceptors (Lipinski definition) is 7. The van der Waals surface area contributed by atoms with Crippen molar-refractivity contribution in [2.24, 2.45) is 17.4 Å². The highest BCUT2D eigenvalue weighted by Gasteiger charge is 2.31. The summed E-state index contributed by atoms with van der Waals surface area (Å²) in [5.74, 6) is -6.38. The lowest BCUT2D eigenvalue weighted by Crippen LogP contribution is -2.58. The number of rotatable bonds is 15. The number of carbonyl (C=O) groups excluding carboxylic acids is 4. The Hall–Kier alpha value is -4.00. The molecule has 0 heterocycles. The van der Waals surface area contributed by atoms with Gasteiger partial charge in [-0.2, -0.15) is 0 Å². The molecule has 1 rings (SSSR count). The lowest BCUT2D eigenvalue weighted by Gasteiger charge is -2.26. The van der Waals surface area contributed by atoms with Crippen molar-refractivity contribution < 1.29 is 39.0 Å². The molecule has 0 aliphatic heterocycles. The molecule has 4 unspecified atom stereocenters. The van der Waals surface area contributed by atoms with Gasteiger partial charge in [0.25, 0.3) is 0 Å². The second-order valence-electron chi connectivity index (χ2n) is 8.59. The van der Waals surface area contributed by atoms with Crippen molar-refractivity contribution >= 4 is 35.6 Å². The summed E-state index contributed by atoms with van der Waals surface area (Å²) in [7, 11) is 0. The molecule has 4 amide bonds. The molecule has 0 aliphatic rings. The van der Waals surface area contributed by atoms with E-state index in [9.17, 15) is 33.9 Å². The van der Waals surface area contributed by atoms with Gasteiger partial charge in [-0.3, -0.25) is 24.0 Å². The molecule has 0 aliphatic carbocycles. The first-order chi connectivity index (χ1) is 16.8. The highest BCUT2D eigenvalue weighted by molar-refractivity contribution is 5.95. The maximum Gasteiger partial charge on any atom is 0.326 e. The molecule has 0 bridgehead atoms. The van der Waals surface area contributed by atoms with Gasteiger partial charge in [-0.1, -0.05) is 44.2 Å². The Kier molecular flexibility index (Phi) is 12.0. The van der Waals surface area contributed by atoms with Crippen LogP contribution in [0.1, 0.15) is 38.7 Å². The molecule has 1 aromatic rings. The topological polar surface area (TPSA) is 231 Å². The average molecular weight is 508 g/mol. The molecule has 0 spiro atoms. The number of carboxylic acid groups (broad SMARTS) is 2. The second kappa shape index (κ2) is 14.4. The van der Waals surface area contributed by atoms with E-state index in [0.717, 1.165) is 0 Å². The van der Waals surface area contributed by atoms with Crippen molar-refractivity contribution in [3.8, 4) is 0 Å². The molecular formula is C23H33N5O8. The molecule has 0 saturated carbocycles. The van der Waals surface area contributed by atoms with Crippen molar-refractivity contribution in [2.45, 2.75) is 63.7 Å². The first kappa shape index (κ1) is 30.0. The van der Waals surface area contributed by atoms with E-state index < -0.39 is 78.5 Å². The number of hydrogen-bond donors (Lipinski definition) is 7. The van der Waals surface area contributed by atoms with Gasteiger partial charge in [0.05, 0.1) is 12.5 Å².